The summed E-state index contributed by atoms with van der Waals surface area (Å²) in [4.78, 5) is 15.9. The molecule has 1 aliphatic heterocycles. The van der Waals surface area contributed by atoms with Crippen LogP contribution in [0, 0.1) is 0 Å². The molecule has 1 heterocycles. The number of carbonyl (C=O) groups is 1. The van der Waals surface area contributed by atoms with Gasteiger partial charge in [0.15, 0.2) is 0 Å². The third kappa shape index (κ3) is 3.95. The van der Waals surface area contributed by atoms with Gasteiger partial charge in [0.05, 0.1) is 32.0 Å². The quantitative estimate of drug-likeness (QED) is 0.330. The number of ether oxygens (including phenoxy) is 2. The third-order valence-corrected chi connectivity index (χ3v) is 6.10. The van der Waals surface area contributed by atoms with E-state index in [0.29, 0.717) is 17.9 Å². The predicted octanol–water partition coefficient (Wildman–Crippen LogP) is 6.21. The minimum atomic E-state index is -0.0261. The molecule has 0 N–H and O–H groups in total. The first-order valence-corrected chi connectivity index (χ1v) is 11.2. The predicted molar refractivity (Wildman–Crippen MR) is 136 cm³/mol. The Bertz CT molecular complexity index is 1340. The highest BCUT2D eigenvalue weighted by molar-refractivity contribution is 6.39. The van der Waals surface area contributed by atoms with Gasteiger partial charge in [0.2, 0.25) is 0 Å². The van der Waals surface area contributed by atoms with E-state index in [2.05, 4.69) is 0 Å². The lowest BCUT2D eigenvalue weighted by Gasteiger charge is -2.18. The van der Waals surface area contributed by atoms with Gasteiger partial charge in [-0.2, -0.15) is 0 Å². The van der Waals surface area contributed by atoms with Crippen LogP contribution in [-0.2, 0) is 11.3 Å². The summed E-state index contributed by atoms with van der Waals surface area (Å²) in [7, 11) is 3.29. The van der Waals surface area contributed by atoms with Crippen LogP contribution in [0.25, 0.3) is 11.1 Å². The minimum absolute atomic E-state index is 0.0261. The maximum atomic E-state index is 14.1. The minimum Gasteiger partial charge on any atom is -0.497 e. The summed E-state index contributed by atoms with van der Waals surface area (Å²) in [5, 5.41) is 0. The van der Waals surface area contributed by atoms with Gasteiger partial charge in [-0.1, -0.05) is 72.8 Å². The van der Waals surface area contributed by atoms with E-state index in [0.717, 1.165) is 39.3 Å². The van der Waals surface area contributed by atoms with Crippen molar-refractivity contribution in [2.75, 3.05) is 19.1 Å². The summed E-state index contributed by atoms with van der Waals surface area (Å²) in [6.45, 7) is 0.493. The lowest BCUT2D eigenvalue weighted by atomic mass is 9.90. The van der Waals surface area contributed by atoms with Gasteiger partial charge in [0.25, 0.3) is 5.91 Å². The molecule has 0 aromatic heterocycles. The zero-order chi connectivity index (χ0) is 23.5. The van der Waals surface area contributed by atoms with Gasteiger partial charge >= 0.3 is 0 Å². The number of carbonyl (C=O) groups excluding carboxylic acids is 1. The fourth-order valence-electron chi connectivity index (χ4n) is 4.42. The molecule has 168 valence electrons. The van der Waals surface area contributed by atoms with Crippen molar-refractivity contribution in [3.8, 4) is 11.5 Å². The molecule has 0 atom stereocenters. The molecule has 0 aliphatic carbocycles. The van der Waals surface area contributed by atoms with Crippen LogP contribution in [0.2, 0.25) is 0 Å². The number of methoxy groups -OCH3 is 2. The highest BCUT2D eigenvalue weighted by Crippen LogP contribution is 2.45. The number of hydrogen-bond acceptors (Lipinski definition) is 3. The number of nitrogens with zero attached hydrogens (tertiary/aromatic N) is 1. The SMILES string of the molecule is COc1ccc(/C(=C2/C(=O)N(Cc3ccccc3)c3ccc(OC)cc32)c2ccccc2)cc1. The molecule has 0 bridgehead atoms. The molecule has 0 saturated carbocycles. The first-order valence-electron chi connectivity index (χ1n) is 11.2. The summed E-state index contributed by atoms with van der Waals surface area (Å²) >= 11 is 0. The number of fused-ring (bicyclic) bond motifs is 1. The van der Waals surface area contributed by atoms with Crippen molar-refractivity contribution in [2.24, 2.45) is 0 Å². The molecular formula is C30H25NO3. The van der Waals surface area contributed by atoms with Crippen molar-refractivity contribution >= 4 is 22.7 Å². The molecule has 5 rings (SSSR count). The van der Waals surface area contributed by atoms with Crippen molar-refractivity contribution in [3.63, 3.8) is 0 Å². The second-order valence-electron chi connectivity index (χ2n) is 8.10. The van der Waals surface area contributed by atoms with Crippen molar-refractivity contribution in [1.29, 1.82) is 0 Å². The van der Waals surface area contributed by atoms with Gasteiger partial charge < -0.3 is 14.4 Å². The monoisotopic (exact) mass is 447 g/mol. The topological polar surface area (TPSA) is 38.8 Å². The normalized spacial score (nSPS) is 14.1. The van der Waals surface area contributed by atoms with Crippen LogP contribution in [-0.4, -0.2) is 20.1 Å². The van der Waals surface area contributed by atoms with E-state index >= 15 is 0 Å². The van der Waals surface area contributed by atoms with E-state index in [4.69, 9.17) is 9.47 Å². The number of amides is 1. The van der Waals surface area contributed by atoms with Crippen molar-refractivity contribution in [2.45, 2.75) is 6.54 Å². The van der Waals surface area contributed by atoms with Gasteiger partial charge in [-0.25, -0.2) is 0 Å². The van der Waals surface area contributed by atoms with Gasteiger partial charge in [-0.3, -0.25) is 4.79 Å². The molecule has 4 nitrogen and oxygen atoms in total. The first-order chi connectivity index (χ1) is 16.7. The van der Waals surface area contributed by atoms with E-state index < -0.39 is 0 Å². The van der Waals surface area contributed by atoms with Gasteiger partial charge in [-0.15, -0.1) is 0 Å². The Morgan fingerprint density at radius 1 is 0.706 bits per heavy atom. The average molecular weight is 448 g/mol. The summed E-state index contributed by atoms with van der Waals surface area (Å²) in [6.07, 6.45) is 0. The van der Waals surface area contributed by atoms with Gasteiger partial charge in [0.1, 0.15) is 11.5 Å². The number of anilines is 1. The second kappa shape index (κ2) is 9.28. The molecule has 0 spiro atoms. The molecule has 0 fully saturated rings. The average Bonchev–Trinajstić information content (AvgIpc) is 3.16. The molecule has 34 heavy (non-hydrogen) atoms. The Labute approximate surface area is 199 Å². The first kappa shape index (κ1) is 21.5. The zero-order valence-electron chi connectivity index (χ0n) is 19.2. The fourth-order valence-corrected chi connectivity index (χ4v) is 4.42. The van der Waals surface area contributed by atoms with Crippen LogP contribution < -0.4 is 14.4 Å². The largest absolute Gasteiger partial charge is 0.497 e. The Balaban J connectivity index is 1.75. The number of hydrogen-bond donors (Lipinski definition) is 0. The highest BCUT2D eigenvalue weighted by atomic mass is 16.5. The zero-order valence-corrected chi connectivity index (χ0v) is 19.2. The van der Waals surface area contributed by atoms with Crippen molar-refractivity contribution < 1.29 is 14.3 Å². The molecule has 4 aromatic rings. The van der Waals surface area contributed by atoms with Crippen molar-refractivity contribution in [1.82, 2.24) is 0 Å². The molecule has 0 unspecified atom stereocenters. The molecule has 1 aliphatic rings. The summed E-state index contributed by atoms with van der Waals surface area (Å²) in [5.74, 6) is 1.46. The van der Waals surface area contributed by atoms with E-state index in [-0.39, 0.29) is 5.91 Å². The van der Waals surface area contributed by atoms with Crippen molar-refractivity contribution in [3.05, 3.63) is 125 Å². The summed E-state index contributed by atoms with van der Waals surface area (Å²) < 4.78 is 10.9. The Kier molecular flexibility index (Phi) is 5.88. The van der Waals surface area contributed by atoms with Crippen LogP contribution >= 0.6 is 0 Å². The smallest absolute Gasteiger partial charge is 0.259 e. The highest BCUT2D eigenvalue weighted by Gasteiger charge is 2.35. The standard InChI is InChI=1S/C30H25NO3/c1-33-24-15-13-23(14-16-24)28(22-11-7-4-8-12-22)29-26-19-25(34-2)17-18-27(26)31(30(29)32)20-21-9-5-3-6-10-21/h3-19H,20H2,1-2H3/b29-28+. The Morgan fingerprint density at radius 2 is 1.29 bits per heavy atom. The van der Waals surface area contributed by atoms with E-state index in [9.17, 15) is 4.79 Å². The van der Waals surface area contributed by atoms with Gasteiger partial charge in [0, 0.05) is 11.1 Å². The number of benzene rings is 4. The lowest BCUT2D eigenvalue weighted by molar-refractivity contribution is -0.113. The van der Waals surface area contributed by atoms with Crippen LogP contribution in [0.3, 0.4) is 0 Å². The van der Waals surface area contributed by atoms with Crippen LogP contribution in [0.4, 0.5) is 5.69 Å². The maximum absolute atomic E-state index is 14.1. The maximum Gasteiger partial charge on any atom is 0.259 e. The molecule has 0 saturated heterocycles. The lowest BCUT2D eigenvalue weighted by Crippen LogP contribution is -2.26. The van der Waals surface area contributed by atoms with Crippen LogP contribution in [0.15, 0.2) is 103 Å². The van der Waals surface area contributed by atoms with Gasteiger partial charge in [-0.05, 0) is 47.0 Å². The number of rotatable bonds is 6. The third-order valence-electron chi connectivity index (χ3n) is 6.10. The molecule has 1 amide bonds. The van der Waals surface area contributed by atoms with Crippen LogP contribution in [0.5, 0.6) is 11.5 Å². The second-order valence-corrected chi connectivity index (χ2v) is 8.10. The Morgan fingerprint density at radius 3 is 1.94 bits per heavy atom. The van der Waals surface area contributed by atoms with E-state index in [1.807, 2.05) is 108 Å². The molecular weight excluding hydrogens is 422 g/mol. The van der Waals surface area contributed by atoms with E-state index in [1.54, 1.807) is 14.2 Å². The molecule has 4 aromatic carbocycles. The summed E-state index contributed by atoms with van der Waals surface area (Å²) in [6, 6.07) is 33.8. The van der Waals surface area contributed by atoms with Crippen LogP contribution in [0.1, 0.15) is 22.3 Å². The molecule has 0 radical (unpaired) electrons. The fraction of sp³-hybridized carbons (Fsp3) is 0.100. The Hall–Kier alpha value is -4.31. The summed E-state index contributed by atoms with van der Waals surface area (Å²) in [5.41, 5.74) is 6.31. The van der Waals surface area contributed by atoms with E-state index in [1.165, 1.54) is 0 Å². The molecule has 4 heteroatoms.